The van der Waals surface area contributed by atoms with Crippen molar-refractivity contribution in [3.8, 4) is 0 Å². The van der Waals surface area contributed by atoms with Crippen LogP contribution in [0.4, 0.5) is 0 Å². The SMILES string of the molecule is O=C1OC[C@@H]2CON[C@]12c1ccco1. The van der Waals surface area contributed by atoms with Gasteiger partial charge in [-0.15, -0.1) is 0 Å². The van der Waals surface area contributed by atoms with Gasteiger partial charge in [-0.1, -0.05) is 0 Å². The van der Waals surface area contributed by atoms with Gasteiger partial charge in [-0.05, 0) is 12.1 Å². The molecular formula is C9H9NO4. The number of ether oxygens (including phenoxy) is 1. The Morgan fingerprint density at radius 3 is 3.21 bits per heavy atom. The fourth-order valence-electron chi connectivity index (χ4n) is 1.99. The summed E-state index contributed by atoms with van der Waals surface area (Å²) < 4.78 is 10.3. The van der Waals surface area contributed by atoms with Crippen molar-refractivity contribution in [3.05, 3.63) is 24.2 Å². The second kappa shape index (κ2) is 2.59. The van der Waals surface area contributed by atoms with Crippen LogP contribution < -0.4 is 5.48 Å². The summed E-state index contributed by atoms with van der Waals surface area (Å²) >= 11 is 0. The Balaban J connectivity index is 2.12. The van der Waals surface area contributed by atoms with E-state index in [0.29, 0.717) is 19.0 Å². The minimum absolute atomic E-state index is 0.00106. The molecule has 0 spiro atoms. The second-order valence-corrected chi connectivity index (χ2v) is 3.49. The number of carbonyl (C=O) groups excluding carboxylic acids is 1. The largest absolute Gasteiger partial charge is 0.467 e. The third-order valence-corrected chi connectivity index (χ3v) is 2.78. The molecule has 0 saturated carbocycles. The summed E-state index contributed by atoms with van der Waals surface area (Å²) in [4.78, 5) is 16.7. The molecule has 0 aromatic carbocycles. The molecule has 2 aliphatic rings. The predicted octanol–water partition coefficient (Wildman–Crippen LogP) is 0.183. The molecule has 1 N–H and O–H groups in total. The number of cyclic esters (lactones) is 1. The van der Waals surface area contributed by atoms with Gasteiger partial charge in [-0.3, -0.25) is 4.84 Å². The number of carbonyl (C=O) groups is 1. The highest BCUT2D eigenvalue weighted by Crippen LogP contribution is 2.40. The molecule has 3 heterocycles. The summed E-state index contributed by atoms with van der Waals surface area (Å²) in [5, 5.41) is 0. The first-order valence-corrected chi connectivity index (χ1v) is 4.44. The molecule has 0 unspecified atom stereocenters. The van der Waals surface area contributed by atoms with Crippen LogP contribution in [0.25, 0.3) is 0 Å². The van der Waals surface area contributed by atoms with Crippen molar-refractivity contribution in [1.29, 1.82) is 0 Å². The van der Waals surface area contributed by atoms with E-state index in [1.807, 2.05) is 0 Å². The average Bonchev–Trinajstić information content (AvgIpc) is 2.83. The third-order valence-electron chi connectivity index (χ3n) is 2.78. The third kappa shape index (κ3) is 0.784. The molecule has 14 heavy (non-hydrogen) atoms. The second-order valence-electron chi connectivity index (χ2n) is 3.49. The zero-order valence-electron chi connectivity index (χ0n) is 7.36. The van der Waals surface area contributed by atoms with Gasteiger partial charge in [0.25, 0.3) is 0 Å². The van der Waals surface area contributed by atoms with E-state index < -0.39 is 5.54 Å². The normalized spacial score (nSPS) is 35.7. The Hall–Kier alpha value is -1.33. The van der Waals surface area contributed by atoms with E-state index in [2.05, 4.69) is 5.48 Å². The van der Waals surface area contributed by atoms with Crippen LogP contribution in [-0.2, 0) is 19.9 Å². The molecule has 2 saturated heterocycles. The van der Waals surface area contributed by atoms with Gasteiger partial charge in [0, 0.05) is 0 Å². The van der Waals surface area contributed by atoms with E-state index in [-0.39, 0.29) is 11.9 Å². The molecular weight excluding hydrogens is 186 g/mol. The first-order valence-electron chi connectivity index (χ1n) is 4.44. The standard InChI is InChI=1S/C9H9NO4/c11-8-9(7-2-1-3-12-7)6(4-13-8)5-14-10-9/h1-3,6,10H,4-5H2/t6-,9-/m1/s1. The fourth-order valence-corrected chi connectivity index (χ4v) is 1.99. The number of hydroxylamine groups is 1. The Kier molecular flexibility index (Phi) is 1.48. The predicted molar refractivity (Wildman–Crippen MR) is 43.9 cm³/mol. The lowest BCUT2D eigenvalue weighted by Crippen LogP contribution is -2.44. The van der Waals surface area contributed by atoms with Gasteiger partial charge in [-0.2, -0.15) is 5.48 Å². The molecule has 5 nitrogen and oxygen atoms in total. The summed E-state index contributed by atoms with van der Waals surface area (Å²) in [5.41, 5.74) is 1.80. The molecule has 1 aromatic heterocycles. The van der Waals surface area contributed by atoms with Gasteiger partial charge in [0.1, 0.15) is 5.76 Å². The van der Waals surface area contributed by atoms with E-state index in [1.54, 1.807) is 12.1 Å². The van der Waals surface area contributed by atoms with Crippen LogP contribution in [0, 0.1) is 5.92 Å². The molecule has 0 aliphatic carbocycles. The maximum atomic E-state index is 11.7. The molecule has 1 aromatic rings. The molecule has 74 valence electrons. The molecule has 0 bridgehead atoms. The van der Waals surface area contributed by atoms with Crippen LogP contribution >= 0.6 is 0 Å². The van der Waals surface area contributed by atoms with Crippen LogP contribution in [-0.4, -0.2) is 19.2 Å². The van der Waals surface area contributed by atoms with E-state index >= 15 is 0 Å². The first kappa shape index (κ1) is 8.02. The van der Waals surface area contributed by atoms with Crippen LogP contribution in [0.15, 0.2) is 22.8 Å². The van der Waals surface area contributed by atoms with E-state index in [1.165, 1.54) is 6.26 Å². The Morgan fingerprint density at radius 1 is 1.50 bits per heavy atom. The molecule has 5 heteroatoms. The number of nitrogens with one attached hydrogen (secondary N) is 1. The van der Waals surface area contributed by atoms with Gasteiger partial charge in [0.2, 0.25) is 5.54 Å². The Bertz CT molecular complexity index is 361. The lowest BCUT2D eigenvalue weighted by molar-refractivity contribution is -0.148. The molecule has 2 atom stereocenters. The molecule has 0 radical (unpaired) electrons. The average molecular weight is 195 g/mol. The van der Waals surface area contributed by atoms with Crippen molar-refractivity contribution in [2.45, 2.75) is 5.54 Å². The van der Waals surface area contributed by atoms with Gasteiger partial charge in [0.05, 0.1) is 25.4 Å². The minimum atomic E-state index is -0.913. The monoisotopic (exact) mass is 195 g/mol. The number of hydrogen-bond acceptors (Lipinski definition) is 5. The van der Waals surface area contributed by atoms with Crippen LogP contribution in [0.2, 0.25) is 0 Å². The van der Waals surface area contributed by atoms with Crippen molar-refractivity contribution in [2.24, 2.45) is 5.92 Å². The molecule has 2 fully saturated rings. The molecule has 3 rings (SSSR count). The lowest BCUT2D eigenvalue weighted by atomic mass is 9.86. The van der Waals surface area contributed by atoms with Crippen molar-refractivity contribution in [1.82, 2.24) is 5.48 Å². The topological polar surface area (TPSA) is 60.7 Å². The van der Waals surface area contributed by atoms with Crippen LogP contribution in [0.3, 0.4) is 0 Å². The van der Waals surface area contributed by atoms with Crippen molar-refractivity contribution < 1.29 is 18.8 Å². The Morgan fingerprint density at radius 2 is 2.43 bits per heavy atom. The van der Waals surface area contributed by atoms with Crippen molar-refractivity contribution in [2.75, 3.05) is 13.2 Å². The van der Waals surface area contributed by atoms with Crippen LogP contribution in [0.5, 0.6) is 0 Å². The van der Waals surface area contributed by atoms with Gasteiger partial charge >= 0.3 is 5.97 Å². The molecule has 2 aliphatic heterocycles. The smallest absolute Gasteiger partial charge is 0.337 e. The number of rotatable bonds is 1. The van der Waals surface area contributed by atoms with Gasteiger partial charge in [0.15, 0.2) is 0 Å². The number of fused-ring (bicyclic) bond motifs is 1. The minimum Gasteiger partial charge on any atom is -0.467 e. The summed E-state index contributed by atoms with van der Waals surface area (Å²) in [7, 11) is 0. The highest BCUT2D eigenvalue weighted by molar-refractivity contribution is 5.84. The summed E-state index contributed by atoms with van der Waals surface area (Å²) in [5.74, 6) is 0.235. The Labute approximate surface area is 79.9 Å². The highest BCUT2D eigenvalue weighted by Gasteiger charge is 2.60. The van der Waals surface area contributed by atoms with Crippen molar-refractivity contribution >= 4 is 5.97 Å². The summed E-state index contributed by atoms with van der Waals surface area (Å²) in [6, 6.07) is 3.49. The van der Waals surface area contributed by atoms with E-state index in [4.69, 9.17) is 14.0 Å². The van der Waals surface area contributed by atoms with Gasteiger partial charge < -0.3 is 9.15 Å². The lowest BCUT2D eigenvalue weighted by Gasteiger charge is -2.19. The highest BCUT2D eigenvalue weighted by atomic mass is 16.7. The van der Waals surface area contributed by atoms with Crippen LogP contribution in [0.1, 0.15) is 5.76 Å². The first-order chi connectivity index (χ1) is 6.84. The number of hydrogen-bond donors (Lipinski definition) is 1. The maximum Gasteiger partial charge on any atom is 0.337 e. The zero-order valence-corrected chi connectivity index (χ0v) is 7.36. The van der Waals surface area contributed by atoms with Gasteiger partial charge in [-0.25, -0.2) is 4.79 Å². The zero-order chi connectivity index (χ0) is 9.60. The van der Waals surface area contributed by atoms with E-state index in [0.717, 1.165) is 0 Å². The van der Waals surface area contributed by atoms with E-state index in [9.17, 15) is 4.79 Å². The fraction of sp³-hybridized carbons (Fsp3) is 0.444. The maximum absolute atomic E-state index is 11.7. The molecule has 0 amide bonds. The summed E-state index contributed by atoms with van der Waals surface area (Å²) in [6.45, 7) is 0.846. The van der Waals surface area contributed by atoms with Crippen molar-refractivity contribution in [3.63, 3.8) is 0 Å². The number of furan rings is 1. The number of esters is 1. The summed E-state index contributed by atoms with van der Waals surface area (Å²) in [6.07, 6.45) is 1.53. The quantitative estimate of drug-likeness (QED) is 0.648.